The van der Waals surface area contributed by atoms with Gasteiger partial charge >= 0.3 is 5.97 Å². The molecule has 3 nitrogen and oxygen atoms in total. The molecule has 0 unspecified atom stereocenters. The Bertz CT molecular complexity index is 256. The van der Waals surface area contributed by atoms with Crippen molar-refractivity contribution in [2.45, 2.75) is 60.4 Å². The molecule has 0 saturated carbocycles. The van der Waals surface area contributed by atoms with Crippen LogP contribution >= 0.6 is 0 Å². The summed E-state index contributed by atoms with van der Waals surface area (Å²) >= 11 is 0. The SMILES string of the molecule is CC(C)[C@@H](C(=O)O)N(C)CC[C@H](C)CC(C)(C)C. The Balaban J connectivity index is 4.23. The van der Waals surface area contributed by atoms with E-state index in [1.807, 2.05) is 25.8 Å². The number of likely N-dealkylation sites (N-methyl/N-ethyl adjacent to an activating group) is 1. The summed E-state index contributed by atoms with van der Waals surface area (Å²) in [4.78, 5) is 13.2. The quantitative estimate of drug-likeness (QED) is 0.759. The number of rotatable bonds is 7. The molecule has 0 aliphatic carbocycles. The van der Waals surface area contributed by atoms with Gasteiger partial charge in [-0.15, -0.1) is 0 Å². The van der Waals surface area contributed by atoms with Crippen LogP contribution < -0.4 is 0 Å². The van der Waals surface area contributed by atoms with E-state index >= 15 is 0 Å². The van der Waals surface area contributed by atoms with Crippen molar-refractivity contribution in [2.24, 2.45) is 17.3 Å². The molecule has 0 heterocycles. The van der Waals surface area contributed by atoms with E-state index in [1.165, 1.54) is 6.42 Å². The second kappa shape index (κ2) is 7.13. The first-order chi connectivity index (χ1) is 8.04. The molecule has 0 spiro atoms. The number of hydrogen-bond donors (Lipinski definition) is 1. The highest BCUT2D eigenvalue weighted by molar-refractivity contribution is 5.73. The topological polar surface area (TPSA) is 40.5 Å². The summed E-state index contributed by atoms with van der Waals surface area (Å²) in [7, 11) is 1.92. The van der Waals surface area contributed by atoms with Crippen molar-refractivity contribution in [2.75, 3.05) is 13.6 Å². The van der Waals surface area contributed by atoms with Gasteiger partial charge in [0.1, 0.15) is 6.04 Å². The maximum Gasteiger partial charge on any atom is 0.321 e. The average molecular weight is 257 g/mol. The lowest BCUT2D eigenvalue weighted by atomic mass is 9.84. The van der Waals surface area contributed by atoms with E-state index in [-0.39, 0.29) is 12.0 Å². The third-order valence-electron chi connectivity index (χ3n) is 3.29. The van der Waals surface area contributed by atoms with Crippen LogP contribution in [0, 0.1) is 17.3 Å². The first kappa shape index (κ1) is 17.4. The number of nitrogens with zero attached hydrogens (tertiary/aromatic N) is 1. The summed E-state index contributed by atoms with van der Waals surface area (Å²) in [6.07, 6.45) is 2.24. The van der Waals surface area contributed by atoms with E-state index in [0.29, 0.717) is 11.3 Å². The van der Waals surface area contributed by atoms with E-state index in [0.717, 1.165) is 13.0 Å². The monoisotopic (exact) mass is 257 g/mol. The van der Waals surface area contributed by atoms with E-state index in [1.54, 1.807) is 0 Å². The number of carbonyl (C=O) groups is 1. The smallest absolute Gasteiger partial charge is 0.321 e. The van der Waals surface area contributed by atoms with Gasteiger partial charge in [-0.1, -0.05) is 41.5 Å². The van der Waals surface area contributed by atoms with Gasteiger partial charge in [-0.2, -0.15) is 0 Å². The Kier molecular flexibility index (Phi) is 6.90. The maximum absolute atomic E-state index is 11.2. The summed E-state index contributed by atoms with van der Waals surface area (Å²) in [5.41, 5.74) is 0.349. The molecule has 2 atom stereocenters. The van der Waals surface area contributed by atoms with E-state index < -0.39 is 5.97 Å². The molecule has 0 rings (SSSR count). The lowest BCUT2D eigenvalue weighted by Crippen LogP contribution is -2.43. The minimum Gasteiger partial charge on any atom is -0.480 e. The van der Waals surface area contributed by atoms with Gasteiger partial charge in [0, 0.05) is 0 Å². The van der Waals surface area contributed by atoms with Crippen LogP contribution in [0.15, 0.2) is 0 Å². The summed E-state index contributed by atoms with van der Waals surface area (Å²) in [5, 5.41) is 9.22. The fraction of sp³-hybridized carbons (Fsp3) is 0.933. The fourth-order valence-corrected chi connectivity index (χ4v) is 2.69. The minimum atomic E-state index is -0.712. The van der Waals surface area contributed by atoms with Crippen molar-refractivity contribution >= 4 is 5.97 Å². The molecule has 0 aromatic carbocycles. The predicted molar refractivity (Wildman–Crippen MR) is 76.7 cm³/mol. The standard InChI is InChI=1S/C15H31NO2/c1-11(2)13(14(17)18)16(7)9-8-12(3)10-15(4,5)6/h11-13H,8-10H2,1-7H3,(H,17,18)/t12-,13-/m0/s1. The molecule has 0 aliphatic heterocycles. The van der Waals surface area contributed by atoms with Gasteiger partial charge in [0.05, 0.1) is 0 Å². The van der Waals surface area contributed by atoms with E-state index in [9.17, 15) is 9.90 Å². The van der Waals surface area contributed by atoms with Crippen LogP contribution in [0.1, 0.15) is 54.4 Å². The van der Waals surface area contributed by atoms with Crippen LogP contribution in [0.2, 0.25) is 0 Å². The number of carboxylic acid groups (broad SMARTS) is 1. The Morgan fingerprint density at radius 1 is 1.22 bits per heavy atom. The second-order valence-corrected chi connectivity index (χ2v) is 7.17. The van der Waals surface area contributed by atoms with Crippen LogP contribution in [0.4, 0.5) is 0 Å². The Morgan fingerprint density at radius 3 is 2.06 bits per heavy atom. The van der Waals surface area contributed by atoms with E-state index in [4.69, 9.17) is 0 Å². The van der Waals surface area contributed by atoms with Crippen LogP contribution in [0.25, 0.3) is 0 Å². The van der Waals surface area contributed by atoms with Crippen molar-refractivity contribution in [3.63, 3.8) is 0 Å². The molecule has 1 N–H and O–H groups in total. The van der Waals surface area contributed by atoms with Crippen molar-refractivity contribution in [1.29, 1.82) is 0 Å². The lowest BCUT2D eigenvalue weighted by Gasteiger charge is -2.30. The largest absolute Gasteiger partial charge is 0.480 e. The normalized spacial score (nSPS) is 16.1. The maximum atomic E-state index is 11.2. The van der Waals surface area contributed by atoms with Crippen molar-refractivity contribution < 1.29 is 9.90 Å². The number of hydrogen-bond acceptors (Lipinski definition) is 2. The van der Waals surface area contributed by atoms with Crippen LogP contribution in [0.5, 0.6) is 0 Å². The molecular weight excluding hydrogens is 226 g/mol. The predicted octanol–water partition coefficient (Wildman–Crippen LogP) is 3.49. The van der Waals surface area contributed by atoms with E-state index in [2.05, 4.69) is 27.7 Å². The minimum absolute atomic E-state index is 0.144. The van der Waals surface area contributed by atoms with Crippen LogP contribution in [0.3, 0.4) is 0 Å². The zero-order chi connectivity index (χ0) is 14.5. The molecule has 0 radical (unpaired) electrons. The van der Waals surface area contributed by atoms with Gasteiger partial charge in [-0.3, -0.25) is 9.69 Å². The summed E-state index contributed by atoms with van der Waals surface area (Å²) < 4.78 is 0. The van der Waals surface area contributed by atoms with Gasteiger partial charge in [-0.05, 0) is 43.7 Å². The van der Waals surface area contributed by atoms with Gasteiger partial charge < -0.3 is 5.11 Å². The number of carboxylic acids is 1. The first-order valence-electron chi connectivity index (χ1n) is 6.97. The third kappa shape index (κ3) is 7.00. The second-order valence-electron chi connectivity index (χ2n) is 7.17. The summed E-state index contributed by atoms with van der Waals surface area (Å²) in [6, 6.07) is -0.369. The first-order valence-corrected chi connectivity index (χ1v) is 6.97. The molecule has 0 amide bonds. The van der Waals surface area contributed by atoms with Gasteiger partial charge in [0.2, 0.25) is 0 Å². The highest BCUT2D eigenvalue weighted by Crippen LogP contribution is 2.26. The molecule has 0 saturated heterocycles. The highest BCUT2D eigenvalue weighted by Gasteiger charge is 2.26. The molecule has 0 fully saturated rings. The molecular formula is C15H31NO2. The molecule has 0 aliphatic rings. The molecule has 3 heteroatoms. The Labute approximate surface area is 113 Å². The van der Waals surface area contributed by atoms with Crippen molar-refractivity contribution in [3.05, 3.63) is 0 Å². The fourth-order valence-electron chi connectivity index (χ4n) is 2.69. The lowest BCUT2D eigenvalue weighted by molar-refractivity contribution is -0.144. The third-order valence-corrected chi connectivity index (χ3v) is 3.29. The summed E-state index contributed by atoms with van der Waals surface area (Å²) in [6.45, 7) is 13.8. The molecule has 18 heavy (non-hydrogen) atoms. The zero-order valence-corrected chi connectivity index (χ0v) is 13.2. The molecule has 108 valence electrons. The summed E-state index contributed by atoms with van der Waals surface area (Å²) in [5.74, 6) is 0.0652. The average Bonchev–Trinajstić information content (AvgIpc) is 2.10. The van der Waals surface area contributed by atoms with Gasteiger partial charge in [0.25, 0.3) is 0 Å². The van der Waals surface area contributed by atoms with Crippen molar-refractivity contribution in [1.82, 2.24) is 4.90 Å². The van der Waals surface area contributed by atoms with Gasteiger partial charge in [-0.25, -0.2) is 0 Å². The van der Waals surface area contributed by atoms with Crippen molar-refractivity contribution in [3.8, 4) is 0 Å². The molecule has 0 aromatic rings. The Hall–Kier alpha value is -0.570. The van der Waals surface area contributed by atoms with Crippen LogP contribution in [-0.4, -0.2) is 35.6 Å². The molecule has 0 aromatic heterocycles. The van der Waals surface area contributed by atoms with Gasteiger partial charge in [0.15, 0.2) is 0 Å². The zero-order valence-electron chi connectivity index (χ0n) is 13.2. The Morgan fingerprint density at radius 2 is 1.72 bits per heavy atom. The number of aliphatic carboxylic acids is 1. The van der Waals surface area contributed by atoms with Crippen LogP contribution in [-0.2, 0) is 4.79 Å². The molecule has 0 bridgehead atoms. The highest BCUT2D eigenvalue weighted by atomic mass is 16.4.